The number of fused-ring (bicyclic) bond motifs is 1. The van der Waals surface area contributed by atoms with Gasteiger partial charge in [0.2, 0.25) is 5.91 Å². The molecule has 0 spiro atoms. The van der Waals surface area contributed by atoms with Gasteiger partial charge in [0.1, 0.15) is 0 Å². The SMILES string of the molecule is CCN(CC(=O)Nc1nc2ccccc2s1)CC(=O)OC. The molecule has 21 heavy (non-hydrogen) atoms. The van der Waals surface area contributed by atoms with E-state index >= 15 is 0 Å². The Morgan fingerprint density at radius 3 is 2.76 bits per heavy atom. The highest BCUT2D eigenvalue weighted by atomic mass is 32.1. The fourth-order valence-corrected chi connectivity index (χ4v) is 2.70. The van der Waals surface area contributed by atoms with Crippen LogP contribution in [-0.2, 0) is 14.3 Å². The van der Waals surface area contributed by atoms with Crippen LogP contribution in [0, 0.1) is 0 Å². The van der Waals surface area contributed by atoms with Crippen molar-refractivity contribution in [2.75, 3.05) is 32.1 Å². The molecule has 6 nitrogen and oxygen atoms in total. The zero-order chi connectivity index (χ0) is 15.2. The number of benzene rings is 1. The van der Waals surface area contributed by atoms with Crippen molar-refractivity contribution >= 4 is 38.6 Å². The summed E-state index contributed by atoms with van der Waals surface area (Å²) in [6, 6.07) is 7.69. The van der Waals surface area contributed by atoms with Gasteiger partial charge in [-0.15, -0.1) is 0 Å². The molecule has 0 aliphatic carbocycles. The molecule has 0 aliphatic heterocycles. The number of rotatable bonds is 6. The number of methoxy groups -OCH3 is 1. The lowest BCUT2D eigenvalue weighted by Crippen LogP contribution is -2.37. The fraction of sp³-hybridized carbons (Fsp3) is 0.357. The fourth-order valence-electron chi connectivity index (χ4n) is 1.81. The highest BCUT2D eigenvalue weighted by molar-refractivity contribution is 7.22. The van der Waals surface area contributed by atoms with Gasteiger partial charge in [-0.25, -0.2) is 4.98 Å². The van der Waals surface area contributed by atoms with Crippen LogP contribution in [0.3, 0.4) is 0 Å². The van der Waals surface area contributed by atoms with Gasteiger partial charge in [0.05, 0.1) is 30.4 Å². The zero-order valence-corrected chi connectivity index (χ0v) is 12.8. The molecule has 0 unspecified atom stereocenters. The van der Waals surface area contributed by atoms with Crippen LogP contribution in [0.25, 0.3) is 10.2 Å². The van der Waals surface area contributed by atoms with Gasteiger partial charge >= 0.3 is 5.97 Å². The number of carbonyl (C=O) groups is 2. The van der Waals surface area contributed by atoms with Crippen LogP contribution in [0.2, 0.25) is 0 Å². The number of likely N-dealkylation sites (N-methyl/N-ethyl adjacent to an activating group) is 1. The van der Waals surface area contributed by atoms with Crippen LogP contribution in [-0.4, -0.2) is 48.5 Å². The maximum Gasteiger partial charge on any atom is 0.319 e. The number of hydrogen-bond donors (Lipinski definition) is 1. The summed E-state index contributed by atoms with van der Waals surface area (Å²) < 4.78 is 5.62. The van der Waals surface area contributed by atoms with Gasteiger partial charge in [0.15, 0.2) is 5.13 Å². The van der Waals surface area contributed by atoms with Gasteiger partial charge in [-0.05, 0) is 18.7 Å². The van der Waals surface area contributed by atoms with Crippen LogP contribution in [0.15, 0.2) is 24.3 Å². The molecule has 0 radical (unpaired) electrons. The summed E-state index contributed by atoms with van der Waals surface area (Å²) in [5.74, 6) is -0.551. The quantitative estimate of drug-likeness (QED) is 0.823. The number of nitrogens with zero attached hydrogens (tertiary/aromatic N) is 2. The summed E-state index contributed by atoms with van der Waals surface area (Å²) in [5.41, 5.74) is 0.861. The Balaban J connectivity index is 1.95. The largest absolute Gasteiger partial charge is 0.468 e. The number of esters is 1. The predicted octanol–water partition coefficient (Wildman–Crippen LogP) is 1.73. The maximum absolute atomic E-state index is 12.0. The average Bonchev–Trinajstić information content (AvgIpc) is 2.88. The molecule has 0 saturated heterocycles. The highest BCUT2D eigenvalue weighted by Crippen LogP contribution is 2.25. The molecule has 7 heteroatoms. The standard InChI is InChI=1S/C14H17N3O3S/c1-3-17(9-13(19)20-2)8-12(18)16-14-15-10-6-4-5-7-11(10)21-14/h4-7H,3,8-9H2,1-2H3,(H,15,16,18). The molecule has 1 N–H and O–H groups in total. The Bertz CT molecular complexity index is 608. The smallest absolute Gasteiger partial charge is 0.319 e. The first-order valence-electron chi connectivity index (χ1n) is 6.57. The minimum atomic E-state index is -0.357. The van der Waals surface area contributed by atoms with Crippen molar-refractivity contribution in [3.05, 3.63) is 24.3 Å². The predicted molar refractivity (Wildman–Crippen MR) is 82.4 cm³/mol. The van der Waals surface area contributed by atoms with Crippen molar-refractivity contribution in [3.8, 4) is 0 Å². The maximum atomic E-state index is 12.0. The second-order valence-corrected chi connectivity index (χ2v) is 5.44. The second-order valence-electron chi connectivity index (χ2n) is 4.41. The Morgan fingerprint density at radius 1 is 1.33 bits per heavy atom. The molecule has 1 aromatic carbocycles. The Morgan fingerprint density at radius 2 is 2.10 bits per heavy atom. The molecule has 1 aromatic heterocycles. The van der Waals surface area contributed by atoms with Crippen LogP contribution in [0.1, 0.15) is 6.92 Å². The lowest BCUT2D eigenvalue weighted by Gasteiger charge is -2.17. The van der Waals surface area contributed by atoms with Crippen molar-refractivity contribution in [2.45, 2.75) is 6.92 Å². The first kappa shape index (κ1) is 15.4. The van der Waals surface area contributed by atoms with Crippen LogP contribution in [0.4, 0.5) is 5.13 Å². The zero-order valence-electron chi connectivity index (χ0n) is 12.0. The number of para-hydroxylation sites is 1. The van der Waals surface area contributed by atoms with Gasteiger partial charge in [-0.1, -0.05) is 30.4 Å². The topological polar surface area (TPSA) is 71.5 Å². The summed E-state index contributed by atoms with van der Waals surface area (Å²) in [6.07, 6.45) is 0. The lowest BCUT2D eigenvalue weighted by atomic mass is 10.3. The molecule has 2 rings (SSSR count). The summed E-state index contributed by atoms with van der Waals surface area (Å²) in [5, 5.41) is 3.33. The number of ether oxygens (including phenoxy) is 1. The number of nitrogens with one attached hydrogen (secondary N) is 1. The van der Waals surface area contributed by atoms with Crippen LogP contribution >= 0.6 is 11.3 Å². The first-order valence-corrected chi connectivity index (χ1v) is 7.38. The molecule has 1 heterocycles. The van der Waals surface area contributed by atoms with E-state index in [1.54, 1.807) is 4.90 Å². The molecular weight excluding hydrogens is 290 g/mol. The normalized spacial score (nSPS) is 10.8. The Labute approximate surface area is 126 Å². The van der Waals surface area contributed by atoms with Crippen molar-refractivity contribution in [2.24, 2.45) is 0 Å². The van der Waals surface area contributed by atoms with Gasteiger partial charge in [-0.2, -0.15) is 0 Å². The number of amides is 1. The van der Waals surface area contributed by atoms with E-state index in [1.807, 2.05) is 31.2 Å². The summed E-state index contributed by atoms with van der Waals surface area (Å²) >= 11 is 1.43. The summed E-state index contributed by atoms with van der Waals surface area (Å²) in [4.78, 5) is 29.3. The number of hydrogen-bond acceptors (Lipinski definition) is 6. The minimum Gasteiger partial charge on any atom is -0.468 e. The molecular formula is C14H17N3O3S. The van der Waals surface area contributed by atoms with Gasteiger partial charge in [0, 0.05) is 0 Å². The molecule has 0 aliphatic rings. The van der Waals surface area contributed by atoms with Crippen molar-refractivity contribution in [1.82, 2.24) is 9.88 Å². The van der Waals surface area contributed by atoms with E-state index in [9.17, 15) is 9.59 Å². The molecule has 1 amide bonds. The second kappa shape index (κ2) is 7.14. The van der Waals surface area contributed by atoms with Gasteiger partial charge in [0.25, 0.3) is 0 Å². The molecule has 112 valence electrons. The highest BCUT2D eigenvalue weighted by Gasteiger charge is 2.14. The van der Waals surface area contributed by atoms with Gasteiger partial charge < -0.3 is 10.1 Å². The van der Waals surface area contributed by atoms with E-state index < -0.39 is 0 Å². The summed E-state index contributed by atoms with van der Waals surface area (Å²) in [7, 11) is 1.33. The van der Waals surface area contributed by atoms with E-state index in [4.69, 9.17) is 0 Å². The molecule has 0 atom stereocenters. The van der Waals surface area contributed by atoms with E-state index in [0.717, 1.165) is 10.2 Å². The van der Waals surface area contributed by atoms with Crippen molar-refractivity contribution in [3.63, 3.8) is 0 Å². The van der Waals surface area contributed by atoms with Crippen LogP contribution < -0.4 is 5.32 Å². The van der Waals surface area contributed by atoms with Crippen molar-refractivity contribution < 1.29 is 14.3 Å². The molecule has 0 fully saturated rings. The van der Waals surface area contributed by atoms with Gasteiger partial charge in [-0.3, -0.25) is 14.5 Å². The summed E-state index contributed by atoms with van der Waals surface area (Å²) in [6.45, 7) is 2.69. The first-order chi connectivity index (χ1) is 10.1. The Kier molecular flexibility index (Phi) is 5.24. The van der Waals surface area contributed by atoms with E-state index in [-0.39, 0.29) is 25.0 Å². The average molecular weight is 307 g/mol. The monoisotopic (exact) mass is 307 g/mol. The van der Waals surface area contributed by atoms with Crippen LogP contribution in [0.5, 0.6) is 0 Å². The van der Waals surface area contributed by atoms with E-state index in [0.29, 0.717) is 11.7 Å². The number of anilines is 1. The third kappa shape index (κ3) is 4.24. The third-order valence-electron chi connectivity index (χ3n) is 2.94. The lowest BCUT2D eigenvalue weighted by molar-refractivity contribution is -0.142. The minimum absolute atomic E-state index is 0.0975. The third-order valence-corrected chi connectivity index (χ3v) is 3.89. The van der Waals surface area contributed by atoms with E-state index in [2.05, 4.69) is 15.0 Å². The number of thiazole rings is 1. The Hall–Kier alpha value is -1.99. The molecule has 0 bridgehead atoms. The van der Waals surface area contributed by atoms with E-state index in [1.165, 1.54) is 18.4 Å². The molecule has 0 saturated carbocycles. The molecule has 2 aromatic rings. The number of aromatic nitrogens is 1. The van der Waals surface area contributed by atoms with Crippen molar-refractivity contribution in [1.29, 1.82) is 0 Å². The number of carbonyl (C=O) groups excluding carboxylic acids is 2.